The van der Waals surface area contributed by atoms with E-state index in [2.05, 4.69) is 34.0 Å². The van der Waals surface area contributed by atoms with Crippen LogP contribution in [0.4, 0.5) is 21.7 Å². The van der Waals surface area contributed by atoms with E-state index in [-0.39, 0.29) is 11.1 Å². The van der Waals surface area contributed by atoms with Gasteiger partial charge in [0.15, 0.2) is 0 Å². The lowest BCUT2D eigenvalue weighted by Gasteiger charge is -2.41. The van der Waals surface area contributed by atoms with Crippen LogP contribution in [0.5, 0.6) is 0 Å². The highest BCUT2D eigenvalue weighted by molar-refractivity contribution is 6.28. The van der Waals surface area contributed by atoms with E-state index in [0.717, 1.165) is 13.1 Å². The van der Waals surface area contributed by atoms with Gasteiger partial charge in [-0.25, -0.2) is 4.39 Å². The normalized spacial score (nSPS) is 14.5. The van der Waals surface area contributed by atoms with Gasteiger partial charge in [0.25, 0.3) is 0 Å². The van der Waals surface area contributed by atoms with E-state index >= 15 is 0 Å². The minimum atomic E-state index is -0.346. The average molecular weight is 362 g/mol. The Bertz CT molecular complexity index is 774. The molecular formula is C18H21ClFN5. The Kier molecular flexibility index (Phi) is 5.18. The van der Waals surface area contributed by atoms with Gasteiger partial charge >= 0.3 is 0 Å². The first-order valence-electron chi connectivity index (χ1n) is 8.31. The highest BCUT2D eigenvalue weighted by Gasteiger charge is 2.30. The van der Waals surface area contributed by atoms with Crippen LogP contribution in [0.2, 0.25) is 5.28 Å². The minimum Gasteiger partial charge on any atom is -0.355 e. The van der Waals surface area contributed by atoms with Gasteiger partial charge in [-0.3, -0.25) is 0 Å². The fraction of sp³-hybridized carbons (Fsp3) is 0.389. The van der Waals surface area contributed by atoms with Crippen LogP contribution in [0.25, 0.3) is 0 Å². The number of benzene rings is 1. The Balaban J connectivity index is 1.85. The largest absolute Gasteiger partial charge is 0.355 e. The van der Waals surface area contributed by atoms with Crippen LogP contribution < -0.4 is 10.2 Å². The number of rotatable bonds is 6. The molecule has 0 unspecified atom stereocenters. The van der Waals surface area contributed by atoms with E-state index in [0.29, 0.717) is 34.7 Å². The molecule has 5 nitrogen and oxygen atoms in total. The zero-order chi connectivity index (χ0) is 18.0. The molecule has 0 amide bonds. The van der Waals surface area contributed by atoms with Gasteiger partial charge in [0.2, 0.25) is 5.28 Å². The van der Waals surface area contributed by atoms with Crippen molar-refractivity contribution in [3.63, 3.8) is 0 Å². The summed E-state index contributed by atoms with van der Waals surface area (Å²) in [7, 11) is 0. The fourth-order valence-electron chi connectivity index (χ4n) is 3.16. The van der Waals surface area contributed by atoms with Gasteiger partial charge in [-0.15, -0.1) is 0 Å². The smallest absolute Gasteiger partial charge is 0.226 e. The van der Waals surface area contributed by atoms with Crippen LogP contribution in [-0.2, 0) is 0 Å². The summed E-state index contributed by atoms with van der Waals surface area (Å²) >= 11 is 6.08. The van der Waals surface area contributed by atoms with Gasteiger partial charge in [0.05, 0.1) is 5.56 Å². The summed E-state index contributed by atoms with van der Waals surface area (Å²) < 4.78 is 13.4. The summed E-state index contributed by atoms with van der Waals surface area (Å²) in [6.45, 7) is 6.22. The van der Waals surface area contributed by atoms with Crippen LogP contribution in [0.15, 0.2) is 24.3 Å². The van der Waals surface area contributed by atoms with Crippen molar-refractivity contribution in [2.75, 3.05) is 23.3 Å². The van der Waals surface area contributed by atoms with Crippen molar-refractivity contribution in [2.24, 2.45) is 11.8 Å². The predicted octanol–water partition coefficient (Wildman–Crippen LogP) is 4.49. The number of nitrogens with zero attached hydrogens (tertiary/aromatic N) is 3. The molecule has 2 aromatic rings. The van der Waals surface area contributed by atoms with E-state index < -0.39 is 0 Å². The molecular weight excluding hydrogens is 341 g/mol. The van der Waals surface area contributed by atoms with E-state index in [1.54, 1.807) is 12.1 Å². The van der Waals surface area contributed by atoms with Gasteiger partial charge in [0.1, 0.15) is 17.5 Å². The molecule has 0 aliphatic carbocycles. The van der Waals surface area contributed by atoms with Crippen LogP contribution in [0.1, 0.15) is 25.8 Å². The quantitative estimate of drug-likeness (QED) is 0.587. The van der Waals surface area contributed by atoms with Crippen molar-refractivity contribution >= 4 is 35.1 Å². The van der Waals surface area contributed by atoms with E-state index in [4.69, 9.17) is 17.0 Å². The molecule has 7 heteroatoms. The molecule has 0 radical (unpaired) electrons. The molecule has 0 saturated carbocycles. The second kappa shape index (κ2) is 7.35. The molecule has 0 atom stereocenters. The van der Waals surface area contributed by atoms with E-state index in [1.807, 2.05) is 0 Å². The zero-order valence-electron chi connectivity index (χ0n) is 14.3. The summed E-state index contributed by atoms with van der Waals surface area (Å²) in [4.78, 5) is 10.6. The Morgan fingerprint density at radius 1 is 1.40 bits per heavy atom. The number of anilines is 3. The third kappa shape index (κ3) is 4.07. The van der Waals surface area contributed by atoms with Crippen molar-refractivity contribution < 1.29 is 4.39 Å². The Hall–Kier alpha value is -2.21. The highest BCUT2D eigenvalue weighted by atomic mass is 35.5. The first kappa shape index (κ1) is 17.6. The lowest BCUT2D eigenvalue weighted by molar-refractivity contribution is 0.336. The third-order valence-corrected chi connectivity index (χ3v) is 4.36. The third-order valence-electron chi connectivity index (χ3n) is 4.19. The highest BCUT2D eigenvalue weighted by Crippen LogP contribution is 2.33. The monoisotopic (exact) mass is 361 g/mol. The topological polar surface area (TPSA) is 64.9 Å². The van der Waals surface area contributed by atoms with Gasteiger partial charge in [0, 0.05) is 25.0 Å². The number of nitrogens with one attached hydrogen (secondary N) is 2. The number of aromatic nitrogens is 2. The molecule has 2 heterocycles. The second-order valence-electron chi connectivity index (χ2n) is 6.76. The van der Waals surface area contributed by atoms with Crippen LogP contribution >= 0.6 is 11.6 Å². The van der Waals surface area contributed by atoms with Gasteiger partial charge in [-0.05, 0) is 48.1 Å². The first-order chi connectivity index (χ1) is 12.0. The summed E-state index contributed by atoms with van der Waals surface area (Å²) in [6, 6.07) is 6.08. The average Bonchev–Trinajstić information content (AvgIpc) is 2.50. The zero-order valence-corrected chi connectivity index (χ0v) is 15.0. The molecule has 1 saturated heterocycles. The molecule has 1 aromatic carbocycles. The molecule has 1 aliphatic heterocycles. The SMILES string of the molecule is CC(C)CC1CN(c2nc(Cl)nc(Nc3cccc(F)c3)c2C=N)C1. The molecule has 132 valence electrons. The summed E-state index contributed by atoms with van der Waals surface area (Å²) in [5.74, 6) is 2.00. The molecule has 2 N–H and O–H groups in total. The van der Waals surface area contributed by atoms with Crippen LogP contribution in [0, 0.1) is 23.1 Å². The molecule has 1 fully saturated rings. The first-order valence-corrected chi connectivity index (χ1v) is 8.69. The molecule has 0 spiro atoms. The Morgan fingerprint density at radius 3 is 2.80 bits per heavy atom. The Morgan fingerprint density at radius 2 is 2.16 bits per heavy atom. The molecule has 0 bridgehead atoms. The maximum Gasteiger partial charge on any atom is 0.226 e. The van der Waals surface area contributed by atoms with E-state index in [1.165, 1.54) is 24.8 Å². The second-order valence-corrected chi connectivity index (χ2v) is 7.10. The maximum absolute atomic E-state index is 13.4. The standard InChI is InChI=1S/C18H21ClFN5/c1-11(2)6-12-9-25(10-12)17-15(8-21)16(23-18(19)24-17)22-14-5-3-4-13(20)7-14/h3-5,7-8,11-12,21H,6,9-10H2,1-2H3,(H,22,23,24). The Labute approximate surface area is 151 Å². The number of hydrogen-bond acceptors (Lipinski definition) is 5. The maximum atomic E-state index is 13.4. The molecule has 1 aliphatic rings. The predicted molar refractivity (Wildman–Crippen MR) is 99.8 cm³/mol. The minimum absolute atomic E-state index is 0.104. The lowest BCUT2D eigenvalue weighted by Crippen LogP contribution is -2.48. The van der Waals surface area contributed by atoms with Crippen LogP contribution in [-0.4, -0.2) is 29.3 Å². The van der Waals surface area contributed by atoms with E-state index in [9.17, 15) is 4.39 Å². The molecule has 25 heavy (non-hydrogen) atoms. The van der Waals surface area contributed by atoms with Crippen LogP contribution in [0.3, 0.4) is 0 Å². The fourth-order valence-corrected chi connectivity index (χ4v) is 3.33. The van der Waals surface area contributed by atoms with Crippen molar-refractivity contribution in [3.8, 4) is 0 Å². The molecule has 1 aromatic heterocycles. The summed E-state index contributed by atoms with van der Waals surface area (Å²) in [6.07, 6.45) is 2.38. The number of halogens is 2. The van der Waals surface area contributed by atoms with Crippen molar-refractivity contribution in [1.29, 1.82) is 5.41 Å². The van der Waals surface area contributed by atoms with Crippen molar-refractivity contribution in [2.45, 2.75) is 20.3 Å². The van der Waals surface area contributed by atoms with Gasteiger partial charge in [-0.1, -0.05) is 19.9 Å². The molecule has 3 rings (SSSR count). The summed E-state index contributed by atoms with van der Waals surface area (Å²) in [5, 5.41) is 10.9. The van der Waals surface area contributed by atoms with Crippen molar-refractivity contribution in [1.82, 2.24) is 9.97 Å². The van der Waals surface area contributed by atoms with Gasteiger partial charge < -0.3 is 15.6 Å². The summed E-state index contributed by atoms with van der Waals surface area (Å²) in [5.41, 5.74) is 1.10. The van der Waals surface area contributed by atoms with Crippen molar-refractivity contribution in [3.05, 3.63) is 40.9 Å². The van der Waals surface area contributed by atoms with Gasteiger partial charge in [-0.2, -0.15) is 9.97 Å². The number of hydrogen-bond donors (Lipinski definition) is 2. The lowest BCUT2D eigenvalue weighted by atomic mass is 9.90.